The molecule has 1 aliphatic rings. The lowest BCUT2D eigenvalue weighted by atomic mass is 9.98. The maximum atomic E-state index is 5.34. The van der Waals surface area contributed by atoms with Gasteiger partial charge in [0.05, 0.1) is 13.2 Å². The molecule has 0 heterocycles. The van der Waals surface area contributed by atoms with Gasteiger partial charge in [0.2, 0.25) is 0 Å². The molecular formula is C17H18O2. The van der Waals surface area contributed by atoms with Crippen LogP contribution in [0.15, 0.2) is 36.4 Å². The minimum absolute atomic E-state index is 0.645. The number of hydrogen-bond donors (Lipinski definition) is 0. The first kappa shape index (κ1) is 12.4. The highest BCUT2D eigenvalue weighted by atomic mass is 16.5. The number of rotatable bonds is 4. The van der Waals surface area contributed by atoms with Crippen molar-refractivity contribution >= 4 is 0 Å². The highest BCUT2D eigenvalue weighted by Gasteiger charge is 2.21. The van der Waals surface area contributed by atoms with Gasteiger partial charge in [-0.1, -0.05) is 30.3 Å². The maximum absolute atomic E-state index is 5.34. The van der Waals surface area contributed by atoms with Crippen LogP contribution in [-0.4, -0.2) is 14.2 Å². The highest BCUT2D eigenvalue weighted by Crippen LogP contribution is 2.39. The average molecular weight is 254 g/mol. The zero-order valence-electron chi connectivity index (χ0n) is 11.4. The maximum Gasteiger partial charge on any atom is 0.0716 e. The normalized spacial score (nSPS) is 12.3. The first-order valence-corrected chi connectivity index (χ1v) is 6.54. The number of ether oxygens (including phenoxy) is 2. The summed E-state index contributed by atoms with van der Waals surface area (Å²) in [5, 5.41) is 0. The highest BCUT2D eigenvalue weighted by molar-refractivity contribution is 5.78. The van der Waals surface area contributed by atoms with Gasteiger partial charge in [0.25, 0.3) is 0 Å². The van der Waals surface area contributed by atoms with Gasteiger partial charge in [-0.25, -0.2) is 0 Å². The lowest BCUT2D eigenvalue weighted by Gasteiger charge is -2.11. The molecule has 0 atom stereocenters. The summed E-state index contributed by atoms with van der Waals surface area (Å²) in [6.45, 7) is 1.31. The molecule has 0 amide bonds. The Balaban J connectivity index is 2.14. The van der Waals surface area contributed by atoms with E-state index in [2.05, 4.69) is 36.4 Å². The van der Waals surface area contributed by atoms with Crippen molar-refractivity contribution in [3.63, 3.8) is 0 Å². The summed E-state index contributed by atoms with van der Waals surface area (Å²) in [5.41, 5.74) is 8.01. The van der Waals surface area contributed by atoms with Crippen LogP contribution in [0.3, 0.4) is 0 Å². The van der Waals surface area contributed by atoms with Crippen LogP contribution in [0, 0.1) is 0 Å². The molecule has 98 valence electrons. The monoisotopic (exact) mass is 254 g/mol. The molecule has 0 saturated carbocycles. The van der Waals surface area contributed by atoms with Crippen LogP contribution in [0.4, 0.5) is 0 Å². The molecule has 0 aliphatic heterocycles. The third-order valence-corrected chi connectivity index (χ3v) is 3.69. The van der Waals surface area contributed by atoms with Gasteiger partial charge < -0.3 is 9.47 Å². The summed E-state index contributed by atoms with van der Waals surface area (Å²) in [5.74, 6) is 0. The fraction of sp³-hybridized carbons (Fsp3) is 0.294. The minimum atomic E-state index is 0.645. The number of benzene rings is 2. The third-order valence-electron chi connectivity index (χ3n) is 3.69. The smallest absolute Gasteiger partial charge is 0.0716 e. The Labute approximate surface area is 114 Å². The Kier molecular flexibility index (Phi) is 3.36. The zero-order chi connectivity index (χ0) is 13.2. The van der Waals surface area contributed by atoms with E-state index in [1.165, 1.54) is 33.4 Å². The SMILES string of the molecule is COCc1cc(COC)c2c(c1)-c1ccccc1C2. The molecule has 3 rings (SSSR count). The largest absolute Gasteiger partial charge is 0.380 e. The molecule has 0 fully saturated rings. The van der Waals surface area contributed by atoms with E-state index in [9.17, 15) is 0 Å². The second kappa shape index (κ2) is 5.16. The molecule has 0 aromatic heterocycles. The predicted octanol–water partition coefficient (Wildman–Crippen LogP) is 3.55. The van der Waals surface area contributed by atoms with E-state index < -0.39 is 0 Å². The van der Waals surface area contributed by atoms with Gasteiger partial charge in [-0.2, -0.15) is 0 Å². The van der Waals surface area contributed by atoms with Crippen LogP contribution in [-0.2, 0) is 29.1 Å². The van der Waals surface area contributed by atoms with Crippen molar-refractivity contribution in [2.75, 3.05) is 14.2 Å². The fourth-order valence-electron chi connectivity index (χ4n) is 2.91. The van der Waals surface area contributed by atoms with Gasteiger partial charge in [-0.15, -0.1) is 0 Å². The van der Waals surface area contributed by atoms with E-state index in [1.807, 2.05) is 0 Å². The summed E-state index contributed by atoms with van der Waals surface area (Å²) >= 11 is 0. The van der Waals surface area contributed by atoms with Crippen molar-refractivity contribution in [2.24, 2.45) is 0 Å². The van der Waals surface area contributed by atoms with Crippen LogP contribution in [0.25, 0.3) is 11.1 Å². The topological polar surface area (TPSA) is 18.5 Å². The van der Waals surface area contributed by atoms with Crippen LogP contribution in [0.1, 0.15) is 22.3 Å². The van der Waals surface area contributed by atoms with Gasteiger partial charge in [0, 0.05) is 14.2 Å². The lowest BCUT2D eigenvalue weighted by molar-refractivity contribution is 0.179. The molecule has 0 saturated heterocycles. The Morgan fingerprint density at radius 3 is 2.53 bits per heavy atom. The van der Waals surface area contributed by atoms with Crippen molar-refractivity contribution in [1.82, 2.24) is 0 Å². The summed E-state index contributed by atoms with van der Waals surface area (Å²) in [6, 6.07) is 13.1. The fourth-order valence-corrected chi connectivity index (χ4v) is 2.91. The number of hydrogen-bond acceptors (Lipinski definition) is 2. The minimum Gasteiger partial charge on any atom is -0.380 e. The van der Waals surface area contributed by atoms with E-state index in [4.69, 9.17) is 9.47 Å². The molecule has 19 heavy (non-hydrogen) atoms. The third kappa shape index (κ3) is 2.18. The first-order valence-electron chi connectivity index (χ1n) is 6.54. The van der Waals surface area contributed by atoms with Crippen LogP contribution < -0.4 is 0 Å². The molecule has 2 aromatic rings. The van der Waals surface area contributed by atoms with Crippen LogP contribution in [0.2, 0.25) is 0 Å². The van der Waals surface area contributed by atoms with Gasteiger partial charge in [-0.05, 0) is 45.9 Å². The quantitative estimate of drug-likeness (QED) is 0.709. The molecule has 2 heteroatoms. The molecule has 0 spiro atoms. The Bertz CT molecular complexity index is 602. The average Bonchev–Trinajstić information content (AvgIpc) is 2.79. The van der Waals surface area contributed by atoms with Gasteiger partial charge in [0.1, 0.15) is 0 Å². The van der Waals surface area contributed by atoms with Crippen molar-refractivity contribution in [1.29, 1.82) is 0 Å². The number of fused-ring (bicyclic) bond motifs is 3. The Morgan fingerprint density at radius 1 is 0.947 bits per heavy atom. The van der Waals surface area contributed by atoms with Crippen molar-refractivity contribution in [3.8, 4) is 11.1 Å². The Hall–Kier alpha value is -1.64. The summed E-state index contributed by atoms with van der Waals surface area (Å²) in [4.78, 5) is 0. The van der Waals surface area contributed by atoms with Crippen LogP contribution >= 0.6 is 0 Å². The van der Waals surface area contributed by atoms with Crippen molar-refractivity contribution < 1.29 is 9.47 Å². The molecule has 2 aromatic carbocycles. The summed E-state index contributed by atoms with van der Waals surface area (Å²) in [7, 11) is 3.48. The Morgan fingerprint density at radius 2 is 1.74 bits per heavy atom. The standard InChI is InChI=1S/C17H18O2/c1-18-10-12-7-14(11-19-2)16-9-13-5-3-4-6-15(13)17(16)8-12/h3-8H,9-11H2,1-2H3. The lowest BCUT2D eigenvalue weighted by Crippen LogP contribution is -1.98. The molecule has 0 bridgehead atoms. The second-order valence-corrected chi connectivity index (χ2v) is 4.98. The van der Waals surface area contributed by atoms with Crippen LogP contribution in [0.5, 0.6) is 0 Å². The number of methoxy groups -OCH3 is 2. The van der Waals surface area contributed by atoms with E-state index in [0.29, 0.717) is 13.2 Å². The molecule has 2 nitrogen and oxygen atoms in total. The van der Waals surface area contributed by atoms with Crippen molar-refractivity contribution in [2.45, 2.75) is 19.6 Å². The molecular weight excluding hydrogens is 236 g/mol. The summed E-state index contributed by atoms with van der Waals surface area (Å²) < 4.78 is 10.6. The zero-order valence-corrected chi connectivity index (χ0v) is 11.4. The van der Waals surface area contributed by atoms with Gasteiger partial charge in [0.15, 0.2) is 0 Å². The molecule has 0 radical (unpaired) electrons. The molecule has 1 aliphatic carbocycles. The van der Waals surface area contributed by atoms with E-state index in [1.54, 1.807) is 14.2 Å². The van der Waals surface area contributed by atoms with Gasteiger partial charge >= 0.3 is 0 Å². The molecule has 0 N–H and O–H groups in total. The molecule has 0 unspecified atom stereocenters. The van der Waals surface area contributed by atoms with E-state index in [0.717, 1.165) is 6.42 Å². The predicted molar refractivity (Wildman–Crippen MR) is 76.1 cm³/mol. The van der Waals surface area contributed by atoms with E-state index in [-0.39, 0.29) is 0 Å². The van der Waals surface area contributed by atoms with Gasteiger partial charge in [-0.3, -0.25) is 0 Å². The van der Waals surface area contributed by atoms with Crippen molar-refractivity contribution in [3.05, 3.63) is 58.7 Å². The first-order chi connectivity index (χ1) is 9.33. The summed E-state index contributed by atoms with van der Waals surface area (Å²) in [6.07, 6.45) is 1.01. The second-order valence-electron chi connectivity index (χ2n) is 4.98. The van der Waals surface area contributed by atoms with E-state index >= 15 is 0 Å².